The van der Waals surface area contributed by atoms with Crippen molar-refractivity contribution in [3.8, 4) is 0 Å². The average molecular weight is 470 g/mol. The summed E-state index contributed by atoms with van der Waals surface area (Å²) in [4.78, 5) is 12.1. The molecule has 0 aliphatic rings. The highest BCUT2D eigenvalue weighted by atomic mass is 79.9. The van der Waals surface area contributed by atoms with Crippen molar-refractivity contribution in [1.82, 2.24) is 0 Å². The van der Waals surface area contributed by atoms with E-state index in [4.69, 9.17) is 0 Å². The maximum absolute atomic E-state index is 13.6. The molecule has 0 unspecified atom stereocenters. The zero-order chi connectivity index (χ0) is 14.9. The molecule has 20 heavy (non-hydrogen) atoms. The number of amides is 1. The van der Waals surface area contributed by atoms with Crippen LogP contribution in [0.1, 0.15) is 10.4 Å². The average Bonchev–Trinajstić information content (AvgIpc) is 2.38. The number of benzene rings is 2. The van der Waals surface area contributed by atoms with E-state index in [9.17, 15) is 13.6 Å². The predicted octanol–water partition coefficient (Wildman–Crippen LogP) is 5.50. The third kappa shape index (κ3) is 3.45. The van der Waals surface area contributed by atoms with Crippen molar-refractivity contribution in [2.24, 2.45) is 0 Å². The molecule has 0 fully saturated rings. The number of nitrogens with one attached hydrogen (secondary N) is 1. The van der Waals surface area contributed by atoms with Crippen molar-refractivity contribution in [3.63, 3.8) is 0 Å². The van der Waals surface area contributed by atoms with Gasteiger partial charge in [-0.2, -0.15) is 0 Å². The molecule has 0 spiro atoms. The number of carbonyl (C=O) groups is 1. The topological polar surface area (TPSA) is 29.1 Å². The maximum atomic E-state index is 13.6. The molecule has 2 rings (SSSR count). The van der Waals surface area contributed by atoms with Crippen LogP contribution >= 0.6 is 47.8 Å². The number of rotatable bonds is 2. The Labute approximate surface area is 138 Å². The number of carbonyl (C=O) groups excluding carboxylic acids is 1. The fourth-order valence-corrected chi connectivity index (χ4v) is 2.61. The summed E-state index contributed by atoms with van der Waals surface area (Å²) in [5, 5.41) is 2.40. The molecular weight excluding hydrogens is 464 g/mol. The van der Waals surface area contributed by atoms with Gasteiger partial charge in [0, 0.05) is 15.0 Å². The third-order valence-corrected chi connectivity index (χ3v) is 4.22. The Morgan fingerprint density at radius 2 is 1.65 bits per heavy atom. The van der Waals surface area contributed by atoms with Gasteiger partial charge in [0.05, 0.1) is 15.7 Å². The molecule has 0 aromatic heterocycles. The first-order valence-electron chi connectivity index (χ1n) is 5.29. The lowest BCUT2D eigenvalue weighted by Crippen LogP contribution is -2.14. The fourth-order valence-electron chi connectivity index (χ4n) is 1.48. The Bertz CT molecular complexity index is 692. The molecule has 0 saturated heterocycles. The summed E-state index contributed by atoms with van der Waals surface area (Å²) in [6.07, 6.45) is 0. The second-order valence-corrected chi connectivity index (χ2v) is 6.45. The van der Waals surface area contributed by atoms with Crippen LogP contribution in [-0.4, -0.2) is 5.91 Å². The first-order chi connectivity index (χ1) is 9.38. The molecule has 2 nitrogen and oxygen atoms in total. The van der Waals surface area contributed by atoms with Gasteiger partial charge in [0.25, 0.3) is 5.91 Å². The van der Waals surface area contributed by atoms with Crippen molar-refractivity contribution in [1.29, 1.82) is 0 Å². The normalized spacial score (nSPS) is 10.4. The highest BCUT2D eigenvalue weighted by molar-refractivity contribution is 9.11. The quantitative estimate of drug-likeness (QED) is 0.578. The number of anilines is 1. The standard InChI is InChI=1S/C13H6Br3F2NO/c14-6-1-2-8(15)7(3-6)13(20)19-12-4-9(16)10(17)5-11(12)18/h1-5H,(H,19,20). The molecule has 0 heterocycles. The van der Waals surface area contributed by atoms with Gasteiger partial charge in [-0.3, -0.25) is 4.79 Å². The van der Waals surface area contributed by atoms with Crippen LogP contribution in [0.2, 0.25) is 0 Å². The maximum Gasteiger partial charge on any atom is 0.256 e. The van der Waals surface area contributed by atoms with E-state index in [1.54, 1.807) is 18.2 Å². The van der Waals surface area contributed by atoms with Gasteiger partial charge >= 0.3 is 0 Å². The molecule has 0 aliphatic heterocycles. The SMILES string of the molecule is O=C(Nc1cc(Br)c(F)cc1F)c1cc(Br)ccc1Br. The van der Waals surface area contributed by atoms with E-state index in [0.717, 1.165) is 0 Å². The molecule has 1 amide bonds. The van der Waals surface area contributed by atoms with Crippen LogP contribution in [0.4, 0.5) is 14.5 Å². The van der Waals surface area contributed by atoms with E-state index in [0.29, 0.717) is 20.6 Å². The minimum absolute atomic E-state index is 0.0718. The van der Waals surface area contributed by atoms with Crippen LogP contribution < -0.4 is 5.32 Å². The summed E-state index contributed by atoms with van der Waals surface area (Å²) < 4.78 is 28.1. The summed E-state index contributed by atoms with van der Waals surface area (Å²) in [7, 11) is 0. The van der Waals surface area contributed by atoms with Crippen LogP contribution in [0.25, 0.3) is 0 Å². The summed E-state index contributed by atoms with van der Waals surface area (Å²) in [6.45, 7) is 0. The van der Waals surface area contributed by atoms with Crippen LogP contribution in [0.15, 0.2) is 43.7 Å². The lowest BCUT2D eigenvalue weighted by Gasteiger charge is -2.09. The number of hydrogen-bond donors (Lipinski definition) is 1. The summed E-state index contributed by atoms with van der Waals surface area (Å²) in [6, 6.07) is 6.92. The van der Waals surface area contributed by atoms with Crippen LogP contribution in [0.3, 0.4) is 0 Å². The van der Waals surface area contributed by atoms with E-state index in [1.165, 1.54) is 6.07 Å². The molecule has 0 atom stereocenters. The van der Waals surface area contributed by atoms with Gasteiger partial charge in [-0.25, -0.2) is 8.78 Å². The largest absolute Gasteiger partial charge is 0.319 e. The summed E-state index contributed by atoms with van der Waals surface area (Å²) in [5.41, 5.74) is 0.231. The molecule has 0 bridgehead atoms. The van der Waals surface area contributed by atoms with Gasteiger partial charge in [-0.05, 0) is 56.1 Å². The lowest BCUT2D eigenvalue weighted by atomic mass is 10.2. The van der Waals surface area contributed by atoms with E-state index < -0.39 is 17.5 Å². The Morgan fingerprint density at radius 3 is 2.35 bits per heavy atom. The van der Waals surface area contributed by atoms with E-state index in [1.807, 2.05) is 0 Å². The van der Waals surface area contributed by atoms with Gasteiger partial charge in [0.1, 0.15) is 11.6 Å². The molecule has 0 radical (unpaired) electrons. The molecule has 0 aliphatic carbocycles. The Kier molecular flexibility index (Phi) is 4.93. The highest BCUT2D eigenvalue weighted by Gasteiger charge is 2.14. The molecule has 7 heteroatoms. The molecule has 0 saturated carbocycles. The van der Waals surface area contributed by atoms with Gasteiger partial charge in [-0.1, -0.05) is 15.9 Å². The molecule has 1 N–H and O–H groups in total. The van der Waals surface area contributed by atoms with Crippen molar-refractivity contribution in [2.75, 3.05) is 5.32 Å². The van der Waals surface area contributed by atoms with Crippen molar-refractivity contribution in [3.05, 3.63) is 60.9 Å². The molecule has 104 valence electrons. The van der Waals surface area contributed by atoms with E-state index in [2.05, 4.69) is 53.1 Å². The smallest absolute Gasteiger partial charge is 0.256 e. The minimum Gasteiger partial charge on any atom is -0.319 e. The van der Waals surface area contributed by atoms with Gasteiger partial charge in [0.15, 0.2) is 0 Å². The molecule has 2 aromatic rings. The van der Waals surface area contributed by atoms with E-state index >= 15 is 0 Å². The van der Waals surface area contributed by atoms with Gasteiger partial charge in [0.2, 0.25) is 0 Å². The summed E-state index contributed by atoms with van der Waals surface area (Å²) in [5.74, 6) is -2.08. The van der Waals surface area contributed by atoms with Gasteiger partial charge < -0.3 is 5.32 Å². The van der Waals surface area contributed by atoms with Crippen LogP contribution in [-0.2, 0) is 0 Å². The molecule has 2 aromatic carbocycles. The highest BCUT2D eigenvalue weighted by Crippen LogP contribution is 2.26. The first kappa shape index (κ1) is 15.6. The Balaban J connectivity index is 2.32. The van der Waals surface area contributed by atoms with Gasteiger partial charge in [-0.15, -0.1) is 0 Å². The summed E-state index contributed by atoms with van der Waals surface area (Å²) >= 11 is 9.44. The zero-order valence-electron chi connectivity index (χ0n) is 9.68. The number of hydrogen-bond acceptors (Lipinski definition) is 1. The minimum atomic E-state index is -0.842. The second-order valence-electron chi connectivity index (χ2n) is 3.82. The zero-order valence-corrected chi connectivity index (χ0v) is 14.4. The van der Waals surface area contributed by atoms with E-state index in [-0.39, 0.29) is 10.2 Å². The van der Waals surface area contributed by atoms with Crippen molar-refractivity contribution >= 4 is 59.4 Å². The van der Waals surface area contributed by atoms with Crippen molar-refractivity contribution in [2.45, 2.75) is 0 Å². The number of halogens is 5. The first-order valence-corrected chi connectivity index (χ1v) is 7.67. The van der Waals surface area contributed by atoms with Crippen molar-refractivity contribution < 1.29 is 13.6 Å². The monoisotopic (exact) mass is 467 g/mol. The lowest BCUT2D eigenvalue weighted by molar-refractivity contribution is 0.102. The second kappa shape index (κ2) is 6.32. The predicted molar refractivity (Wildman–Crippen MR) is 83.9 cm³/mol. The Hall–Kier alpha value is -0.790. The molecular formula is C13H6Br3F2NO. The van der Waals surface area contributed by atoms with Crippen LogP contribution in [0.5, 0.6) is 0 Å². The Morgan fingerprint density at radius 1 is 0.950 bits per heavy atom. The van der Waals surface area contributed by atoms with Crippen LogP contribution in [0, 0.1) is 11.6 Å². The third-order valence-electron chi connectivity index (χ3n) is 2.43. The fraction of sp³-hybridized carbons (Fsp3) is 0.